The molecule has 0 amide bonds. The normalized spacial score (nSPS) is 24.7. The molecular formula is C14H19N3S. The van der Waals surface area contributed by atoms with Crippen molar-refractivity contribution in [3.63, 3.8) is 0 Å². The first-order valence-corrected chi connectivity index (χ1v) is 7.94. The van der Waals surface area contributed by atoms with Crippen molar-refractivity contribution in [2.24, 2.45) is 0 Å². The summed E-state index contributed by atoms with van der Waals surface area (Å²) < 4.78 is 0. The average molecular weight is 261 g/mol. The Kier molecular flexibility index (Phi) is 2.73. The summed E-state index contributed by atoms with van der Waals surface area (Å²) in [5, 5.41) is 11.2. The van der Waals surface area contributed by atoms with Gasteiger partial charge in [0.15, 0.2) is 0 Å². The standard InChI is InChI=1S/C14H19N3S/c1-2-10(1)11-5-7-17(8-6-11)9-13-15-16-14(18-13)12-3-4-12/h12H,1-9H2. The largest absolute Gasteiger partial charge is 0.296 e. The summed E-state index contributed by atoms with van der Waals surface area (Å²) in [5.74, 6) is 0.754. The van der Waals surface area contributed by atoms with Gasteiger partial charge in [0.1, 0.15) is 10.0 Å². The number of piperidine rings is 1. The second kappa shape index (κ2) is 4.42. The Bertz CT molecular complexity index is 471. The van der Waals surface area contributed by atoms with E-state index >= 15 is 0 Å². The lowest BCUT2D eigenvalue weighted by Crippen LogP contribution is -2.30. The van der Waals surface area contributed by atoms with Gasteiger partial charge < -0.3 is 0 Å². The first kappa shape index (κ1) is 11.1. The van der Waals surface area contributed by atoms with Crippen LogP contribution in [0.2, 0.25) is 0 Å². The lowest BCUT2D eigenvalue weighted by Gasteiger charge is -2.27. The molecule has 2 aliphatic carbocycles. The molecule has 1 saturated heterocycles. The molecule has 1 aliphatic heterocycles. The van der Waals surface area contributed by atoms with Crippen LogP contribution < -0.4 is 0 Å². The van der Waals surface area contributed by atoms with E-state index in [1.54, 1.807) is 11.1 Å². The summed E-state index contributed by atoms with van der Waals surface area (Å²) in [4.78, 5) is 2.55. The fraction of sp³-hybridized carbons (Fsp3) is 0.714. The van der Waals surface area contributed by atoms with Crippen LogP contribution >= 0.6 is 11.3 Å². The molecule has 3 aliphatic rings. The molecule has 4 heteroatoms. The number of aromatic nitrogens is 2. The fourth-order valence-electron chi connectivity index (χ4n) is 2.77. The smallest absolute Gasteiger partial charge is 0.131 e. The van der Waals surface area contributed by atoms with Crippen molar-refractivity contribution in [1.29, 1.82) is 0 Å². The number of rotatable bonds is 3. The third-order valence-electron chi connectivity index (χ3n) is 4.23. The summed E-state index contributed by atoms with van der Waals surface area (Å²) in [5.41, 5.74) is 3.53. The third kappa shape index (κ3) is 2.36. The Labute approximate surface area is 112 Å². The molecule has 3 nitrogen and oxygen atoms in total. The minimum atomic E-state index is 0.754. The highest BCUT2D eigenvalue weighted by molar-refractivity contribution is 7.11. The molecule has 96 valence electrons. The van der Waals surface area contributed by atoms with Gasteiger partial charge in [0.2, 0.25) is 0 Å². The number of hydrogen-bond donors (Lipinski definition) is 0. The van der Waals surface area contributed by atoms with Crippen LogP contribution in [0.3, 0.4) is 0 Å². The van der Waals surface area contributed by atoms with Gasteiger partial charge in [0, 0.05) is 19.0 Å². The van der Waals surface area contributed by atoms with Gasteiger partial charge in [-0.3, -0.25) is 4.90 Å². The first-order chi connectivity index (χ1) is 8.88. The van der Waals surface area contributed by atoms with E-state index in [0.717, 1.165) is 12.5 Å². The van der Waals surface area contributed by atoms with Crippen molar-refractivity contribution >= 4 is 11.3 Å². The van der Waals surface area contributed by atoms with E-state index in [9.17, 15) is 0 Å². The van der Waals surface area contributed by atoms with Gasteiger partial charge in [-0.15, -0.1) is 10.2 Å². The maximum atomic E-state index is 4.35. The van der Waals surface area contributed by atoms with E-state index in [0.29, 0.717) is 0 Å². The zero-order valence-electron chi connectivity index (χ0n) is 10.7. The summed E-state index contributed by atoms with van der Waals surface area (Å²) in [6, 6.07) is 0. The zero-order valence-corrected chi connectivity index (χ0v) is 11.5. The predicted molar refractivity (Wildman–Crippen MR) is 72.7 cm³/mol. The highest BCUT2D eigenvalue weighted by Crippen LogP contribution is 2.41. The highest BCUT2D eigenvalue weighted by Gasteiger charge is 2.28. The quantitative estimate of drug-likeness (QED) is 0.783. The Morgan fingerprint density at radius 3 is 2.39 bits per heavy atom. The molecule has 0 unspecified atom stereocenters. The van der Waals surface area contributed by atoms with Crippen LogP contribution in [0.5, 0.6) is 0 Å². The van der Waals surface area contributed by atoms with Crippen molar-refractivity contribution < 1.29 is 0 Å². The Balaban J connectivity index is 1.35. The Morgan fingerprint density at radius 2 is 1.72 bits per heavy atom. The van der Waals surface area contributed by atoms with E-state index in [1.165, 1.54) is 61.6 Å². The van der Waals surface area contributed by atoms with Crippen LogP contribution in [0.15, 0.2) is 11.1 Å². The van der Waals surface area contributed by atoms with E-state index in [1.807, 2.05) is 11.3 Å². The summed E-state index contributed by atoms with van der Waals surface area (Å²) in [6.45, 7) is 3.46. The van der Waals surface area contributed by atoms with Crippen molar-refractivity contribution in [2.45, 2.75) is 51.0 Å². The van der Waals surface area contributed by atoms with Crippen molar-refractivity contribution in [1.82, 2.24) is 15.1 Å². The van der Waals surface area contributed by atoms with Crippen molar-refractivity contribution in [3.8, 4) is 0 Å². The monoisotopic (exact) mass is 261 g/mol. The number of likely N-dealkylation sites (tertiary alicyclic amines) is 1. The van der Waals surface area contributed by atoms with E-state index in [4.69, 9.17) is 0 Å². The highest BCUT2D eigenvalue weighted by atomic mass is 32.1. The molecule has 0 bridgehead atoms. The molecule has 3 fully saturated rings. The zero-order chi connectivity index (χ0) is 11.9. The Morgan fingerprint density at radius 1 is 1.00 bits per heavy atom. The predicted octanol–water partition coefficient (Wildman–Crippen LogP) is 3.10. The van der Waals surface area contributed by atoms with Crippen LogP contribution in [-0.4, -0.2) is 28.2 Å². The maximum Gasteiger partial charge on any atom is 0.131 e. The molecular weight excluding hydrogens is 242 g/mol. The number of hydrogen-bond acceptors (Lipinski definition) is 4. The lowest BCUT2D eigenvalue weighted by molar-refractivity contribution is 0.247. The first-order valence-electron chi connectivity index (χ1n) is 7.13. The van der Waals surface area contributed by atoms with E-state index < -0.39 is 0 Å². The van der Waals surface area contributed by atoms with Crippen molar-refractivity contribution in [2.75, 3.05) is 13.1 Å². The van der Waals surface area contributed by atoms with E-state index in [-0.39, 0.29) is 0 Å². The van der Waals surface area contributed by atoms with Crippen LogP contribution in [0.1, 0.15) is 54.5 Å². The summed E-state index contributed by atoms with van der Waals surface area (Å²) in [7, 11) is 0. The maximum absolute atomic E-state index is 4.35. The lowest BCUT2D eigenvalue weighted by atomic mass is 10.0. The molecule has 0 aromatic carbocycles. The van der Waals surface area contributed by atoms with E-state index in [2.05, 4.69) is 15.1 Å². The average Bonchev–Trinajstić information content (AvgIpc) is 3.30. The number of allylic oxidation sites excluding steroid dienone is 1. The van der Waals surface area contributed by atoms with Gasteiger partial charge in [-0.1, -0.05) is 22.5 Å². The molecule has 0 atom stereocenters. The topological polar surface area (TPSA) is 29.0 Å². The van der Waals surface area contributed by atoms with Crippen LogP contribution in [-0.2, 0) is 6.54 Å². The summed E-state index contributed by atoms with van der Waals surface area (Å²) in [6.07, 6.45) is 8.02. The molecule has 1 aromatic heterocycles. The molecule has 0 N–H and O–H groups in total. The van der Waals surface area contributed by atoms with Gasteiger partial charge in [0.25, 0.3) is 0 Å². The molecule has 2 saturated carbocycles. The second-order valence-electron chi connectivity index (χ2n) is 5.79. The minimum absolute atomic E-state index is 0.754. The SMILES string of the molecule is C1CC1=C1CCN(Cc2nnc(C3CC3)s2)CC1. The molecule has 0 spiro atoms. The van der Waals surface area contributed by atoms with Gasteiger partial charge in [-0.05, 0) is 38.5 Å². The molecule has 1 aromatic rings. The molecule has 2 heterocycles. The Hall–Kier alpha value is -0.740. The van der Waals surface area contributed by atoms with Gasteiger partial charge in [-0.25, -0.2) is 0 Å². The third-order valence-corrected chi connectivity index (χ3v) is 5.30. The second-order valence-corrected chi connectivity index (χ2v) is 6.89. The van der Waals surface area contributed by atoms with Crippen LogP contribution in [0, 0.1) is 0 Å². The molecule has 18 heavy (non-hydrogen) atoms. The van der Waals surface area contributed by atoms with Crippen LogP contribution in [0.4, 0.5) is 0 Å². The van der Waals surface area contributed by atoms with Gasteiger partial charge in [-0.2, -0.15) is 0 Å². The molecule has 4 rings (SSSR count). The molecule has 0 radical (unpaired) electrons. The van der Waals surface area contributed by atoms with Crippen molar-refractivity contribution in [3.05, 3.63) is 21.2 Å². The number of nitrogens with zero attached hydrogens (tertiary/aromatic N) is 3. The summed E-state index contributed by atoms with van der Waals surface area (Å²) >= 11 is 1.84. The van der Waals surface area contributed by atoms with Gasteiger partial charge >= 0.3 is 0 Å². The minimum Gasteiger partial charge on any atom is -0.296 e. The van der Waals surface area contributed by atoms with Crippen LogP contribution in [0.25, 0.3) is 0 Å². The van der Waals surface area contributed by atoms with Gasteiger partial charge in [0.05, 0.1) is 6.54 Å². The fourth-order valence-corrected chi connectivity index (χ4v) is 3.82.